The van der Waals surface area contributed by atoms with Crippen molar-refractivity contribution in [3.63, 3.8) is 0 Å². The first-order chi connectivity index (χ1) is 36.7. The SMILES string of the molecule is c1ccc(-c2nc(-c3ccccc3)nc(-n3c4ccccc4c4ccc5c6ccccc6n(-c6cccc(-c7cccc(-c8cccc(-c9ccc%10c%11ccccc%11c%11ccccc%11c%10c9)c8)c7)c6)c5c43)n2)cc1. The summed E-state index contributed by atoms with van der Waals surface area (Å²) in [6, 6.07) is 93.7. The summed E-state index contributed by atoms with van der Waals surface area (Å²) in [5.41, 5.74) is 14.2. The van der Waals surface area contributed by atoms with Gasteiger partial charge in [-0.05, 0) is 108 Å². The van der Waals surface area contributed by atoms with Crippen LogP contribution < -0.4 is 0 Å². The minimum absolute atomic E-state index is 0.561. The molecule has 0 saturated heterocycles. The fraction of sp³-hybridized carbons (Fsp3) is 0. The summed E-state index contributed by atoms with van der Waals surface area (Å²) in [6.45, 7) is 0. The molecule has 0 aliphatic heterocycles. The molecule has 0 amide bonds. The molecule has 0 bridgehead atoms. The van der Waals surface area contributed by atoms with Gasteiger partial charge in [-0.15, -0.1) is 0 Å². The van der Waals surface area contributed by atoms with E-state index in [-0.39, 0.29) is 0 Å². The molecule has 344 valence electrons. The predicted molar refractivity (Wildman–Crippen MR) is 308 cm³/mol. The second-order valence-corrected chi connectivity index (χ2v) is 19.1. The summed E-state index contributed by atoms with van der Waals surface area (Å²) in [5.74, 6) is 1.79. The molecule has 0 aliphatic carbocycles. The molecule has 0 spiro atoms. The number of aromatic nitrogens is 5. The van der Waals surface area contributed by atoms with E-state index in [4.69, 9.17) is 15.0 Å². The van der Waals surface area contributed by atoms with Crippen LogP contribution in [0.4, 0.5) is 0 Å². The van der Waals surface area contributed by atoms with Crippen LogP contribution in [0.3, 0.4) is 0 Å². The third-order valence-electron chi connectivity index (χ3n) is 14.9. The van der Waals surface area contributed by atoms with Crippen LogP contribution in [0.2, 0.25) is 0 Å². The van der Waals surface area contributed by atoms with E-state index in [1.54, 1.807) is 0 Å². The fourth-order valence-electron chi connectivity index (χ4n) is 11.5. The maximum absolute atomic E-state index is 5.31. The van der Waals surface area contributed by atoms with Crippen molar-refractivity contribution in [1.29, 1.82) is 0 Å². The Labute approximate surface area is 426 Å². The zero-order chi connectivity index (χ0) is 48.7. The molecule has 12 aromatic carbocycles. The molecule has 3 heterocycles. The average Bonchev–Trinajstić information content (AvgIpc) is 4.04. The van der Waals surface area contributed by atoms with Gasteiger partial charge in [-0.3, -0.25) is 4.57 Å². The first kappa shape index (κ1) is 41.8. The van der Waals surface area contributed by atoms with Crippen molar-refractivity contribution in [3.05, 3.63) is 261 Å². The van der Waals surface area contributed by atoms with Crippen molar-refractivity contribution in [2.75, 3.05) is 0 Å². The van der Waals surface area contributed by atoms with E-state index in [1.807, 2.05) is 36.4 Å². The number of hydrogen-bond donors (Lipinski definition) is 0. The van der Waals surface area contributed by atoms with Gasteiger partial charge in [0.05, 0.1) is 22.1 Å². The van der Waals surface area contributed by atoms with Gasteiger partial charge in [0.1, 0.15) is 0 Å². The standard InChI is InChI=1S/C69H43N5/c1-3-18-44(19-4-1)67-70-68(45-20-5-2-6-21-45)72-69(71-67)74-64-35-14-12-33-59(64)61-39-38-60-58-32-11-13-34-63(58)73(65(60)66(61)74)52-27-17-26-50(42-52)48-24-15-22-46(40-48)47-23-16-25-49(41-47)51-36-37-57-55-30-8-7-28-53(55)54-29-9-10-31-56(54)62(57)43-51/h1-43H. The van der Waals surface area contributed by atoms with Crippen molar-refractivity contribution in [1.82, 2.24) is 24.1 Å². The maximum atomic E-state index is 5.31. The fourth-order valence-corrected chi connectivity index (χ4v) is 11.5. The molecule has 15 rings (SSSR count). The molecule has 74 heavy (non-hydrogen) atoms. The van der Waals surface area contributed by atoms with Gasteiger partial charge in [0, 0.05) is 38.4 Å². The lowest BCUT2D eigenvalue weighted by Crippen LogP contribution is -2.07. The van der Waals surface area contributed by atoms with Gasteiger partial charge in [-0.1, -0.05) is 218 Å². The minimum Gasteiger partial charge on any atom is -0.307 e. The Morgan fingerprint density at radius 1 is 0.216 bits per heavy atom. The summed E-state index contributed by atoms with van der Waals surface area (Å²) < 4.78 is 4.69. The molecule has 0 aliphatic rings. The molecule has 0 N–H and O–H groups in total. The van der Waals surface area contributed by atoms with Gasteiger partial charge < -0.3 is 4.57 Å². The van der Waals surface area contributed by atoms with Gasteiger partial charge in [-0.2, -0.15) is 9.97 Å². The molecule has 5 nitrogen and oxygen atoms in total. The second kappa shape index (κ2) is 16.8. The molecular weight excluding hydrogens is 899 g/mol. The quantitative estimate of drug-likeness (QED) is 0.150. The number of para-hydroxylation sites is 2. The highest BCUT2D eigenvalue weighted by Gasteiger charge is 2.24. The zero-order valence-electron chi connectivity index (χ0n) is 40.1. The molecule has 0 unspecified atom stereocenters. The Kier molecular flexibility index (Phi) is 9.50. The van der Waals surface area contributed by atoms with Gasteiger partial charge in [-0.25, -0.2) is 4.98 Å². The molecule has 15 aromatic rings. The van der Waals surface area contributed by atoms with Crippen LogP contribution in [0.1, 0.15) is 0 Å². The van der Waals surface area contributed by atoms with E-state index in [0.29, 0.717) is 17.6 Å². The van der Waals surface area contributed by atoms with E-state index >= 15 is 0 Å². The van der Waals surface area contributed by atoms with Crippen LogP contribution in [-0.4, -0.2) is 24.1 Å². The van der Waals surface area contributed by atoms with Crippen LogP contribution >= 0.6 is 0 Å². The first-order valence-corrected chi connectivity index (χ1v) is 25.2. The lowest BCUT2D eigenvalue weighted by Gasteiger charge is -2.14. The molecule has 0 saturated carbocycles. The third-order valence-corrected chi connectivity index (χ3v) is 14.9. The largest absolute Gasteiger partial charge is 0.307 e. The average molecular weight is 942 g/mol. The number of fused-ring (bicyclic) bond motifs is 13. The Morgan fingerprint density at radius 2 is 0.581 bits per heavy atom. The molecular formula is C69H43N5. The number of nitrogens with zero attached hydrogens (tertiary/aromatic N) is 5. The van der Waals surface area contributed by atoms with Gasteiger partial charge in [0.25, 0.3) is 0 Å². The van der Waals surface area contributed by atoms with Crippen molar-refractivity contribution in [2.24, 2.45) is 0 Å². The summed E-state index contributed by atoms with van der Waals surface area (Å²) in [7, 11) is 0. The molecule has 0 radical (unpaired) electrons. The highest BCUT2D eigenvalue weighted by Crippen LogP contribution is 2.43. The zero-order valence-corrected chi connectivity index (χ0v) is 40.1. The number of rotatable bonds is 7. The second-order valence-electron chi connectivity index (χ2n) is 19.1. The molecule has 0 fully saturated rings. The third kappa shape index (κ3) is 6.68. The maximum Gasteiger partial charge on any atom is 0.238 e. The molecule has 0 atom stereocenters. The van der Waals surface area contributed by atoms with Crippen molar-refractivity contribution >= 4 is 75.9 Å². The van der Waals surface area contributed by atoms with E-state index < -0.39 is 0 Å². The summed E-state index contributed by atoms with van der Waals surface area (Å²) in [5, 5.41) is 12.3. The lowest BCUT2D eigenvalue weighted by molar-refractivity contribution is 0.953. The monoisotopic (exact) mass is 941 g/mol. The Balaban J connectivity index is 0.884. The Morgan fingerprint density at radius 3 is 1.11 bits per heavy atom. The smallest absolute Gasteiger partial charge is 0.238 e. The summed E-state index contributed by atoms with van der Waals surface area (Å²) in [6.07, 6.45) is 0. The highest BCUT2D eigenvalue weighted by molar-refractivity contribution is 6.26. The van der Waals surface area contributed by atoms with Crippen LogP contribution in [0.15, 0.2) is 261 Å². The normalized spacial score (nSPS) is 11.8. The summed E-state index contributed by atoms with van der Waals surface area (Å²) in [4.78, 5) is 15.7. The van der Waals surface area contributed by atoms with Crippen LogP contribution in [-0.2, 0) is 0 Å². The van der Waals surface area contributed by atoms with E-state index in [2.05, 4.69) is 234 Å². The van der Waals surface area contributed by atoms with Crippen LogP contribution in [0.5, 0.6) is 0 Å². The van der Waals surface area contributed by atoms with E-state index in [9.17, 15) is 0 Å². The van der Waals surface area contributed by atoms with Crippen LogP contribution in [0, 0.1) is 0 Å². The summed E-state index contributed by atoms with van der Waals surface area (Å²) >= 11 is 0. The van der Waals surface area contributed by atoms with Crippen molar-refractivity contribution in [2.45, 2.75) is 0 Å². The lowest BCUT2D eigenvalue weighted by atomic mass is 9.91. The minimum atomic E-state index is 0.561. The van der Waals surface area contributed by atoms with E-state index in [0.717, 1.165) is 71.7 Å². The van der Waals surface area contributed by atoms with E-state index in [1.165, 1.54) is 54.4 Å². The van der Waals surface area contributed by atoms with Gasteiger partial charge in [0.2, 0.25) is 5.95 Å². The van der Waals surface area contributed by atoms with Crippen molar-refractivity contribution in [3.8, 4) is 67.8 Å². The Bertz CT molecular complexity index is 4630. The predicted octanol–water partition coefficient (Wildman–Crippen LogP) is 17.9. The molecule has 5 heteroatoms. The molecule has 3 aromatic heterocycles. The highest BCUT2D eigenvalue weighted by atomic mass is 15.2. The first-order valence-electron chi connectivity index (χ1n) is 25.2. The number of hydrogen-bond acceptors (Lipinski definition) is 3. The van der Waals surface area contributed by atoms with Gasteiger partial charge in [0.15, 0.2) is 11.6 Å². The van der Waals surface area contributed by atoms with Crippen LogP contribution in [0.25, 0.3) is 144 Å². The topological polar surface area (TPSA) is 48.5 Å². The Hall–Kier alpha value is -9.97. The van der Waals surface area contributed by atoms with Gasteiger partial charge >= 0.3 is 0 Å². The number of benzene rings is 12. The van der Waals surface area contributed by atoms with Crippen molar-refractivity contribution < 1.29 is 0 Å².